The zero-order valence-corrected chi connectivity index (χ0v) is 19.4. The van der Waals surface area contributed by atoms with Crippen LogP contribution in [-0.2, 0) is 19.5 Å². The minimum absolute atomic E-state index is 0.00593. The SMILES string of the molecule is CCN(CC)CCN1C(=O)c2ccccc2C2(CC(C)OC(C)C2)C1=O.O=P(O)(O)O. The second kappa shape index (κ2) is 10.3. The molecule has 2 atom stereocenters. The number of likely N-dealkylation sites (N-methyl/N-ethyl adjacent to an activating group) is 1. The summed E-state index contributed by atoms with van der Waals surface area (Å²) in [6.07, 6.45) is 1.24. The van der Waals surface area contributed by atoms with Gasteiger partial charge in [0.1, 0.15) is 0 Å². The Kier molecular flexibility index (Phi) is 8.55. The molecule has 2 unspecified atom stereocenters. The first-order valence-corrected chi connectivity index (χ1v) is 12.1. The Morgan fingerprint density at radius 2 is 1.61 bits per heavy atom. The molecule has 0 radical (unpaired) electrons. The fourth-order valence-corrected chi connectivity index (χ4v) is 4.63. The predicted octanol–water partition coefficient (Wildman–Crippen LogP) is 1.91. The van der Waals surface area contributed by atoms with Crippen LogP contribution in [0.5, 0.6) is 0 Å². The lowest BCUT2D eigenvalue weighted by molar-refractivity contribution is -0.146. The predicted molar refractivity (Wildman–Crippen MR) is 115 cm³/mol. The first kappa shape index (κ1) is 25.6. The normalized spacial score (nSPS) is 26.0. The van der Waals surface area contributed by atoms with Crippen molar-refractivity contribution in [1.82, 2.24) is 9.80 Å². The zero-order valence-electron chi connectivity index (χ0n) is 18.5. The first-order chi connectivity index (χ1) is 14.4. The Bertz CT molecular complexity index is 819. The highest BCUT2D eigenvalue weighted by atomic mass is 31.2. The van der Waals surface area contributed by atoms with Crippen LogP contribution < -0.4 is 0 Å². The van der Waals surface area contributed by atoms with Crippen LogP contribution in [-0.4, -0.2) is 74.7 Å². The Morgan fingerprint density at radius 1 is 1.10 bits per heavy atom. The van der Waals surface area contributed by atoms with Gasteiger partial charge in [-0.15, -0.1) is 0 Å². The summed E-state index contributed by atoms with van der Waals surface area (Å²) in [7, 11) is -4.64. The van der Waals surface area contributed by atoms with Gasteiger partial charge in [-0.25, -0.2) is 4.57 Å². The Balaban J connectivity index is 0.000000614. The van der Waals surface area contributed by atoms with Crippen molar-refractivity contribution in [2.75, 3.05) is 26.2 Å². The molecular formula is C21H33N2O7P. The van der Waals surface area contributed by atoms with Crippen molar-refractivity contribution in [1.29, 1.82) is 0 Å². The van der Waals surface area contributed by atoms with Crippen molar-refractivity contribution in [3.8, 4) is 0 Å². The van der Waals surface area contributed by atoms with E-state index in [1.807, 2.05) is 38.1 Å². The molecule has 0 aliphatic carbocycles. The van der Waals surface area contributed by atoms with Gasteiger partial charge in [0.15, 0.2) is 0 Å². The van der Waals surface area contributed by atoms with Crippen LogP contribution in [0, 0.1) is 0 Å². The largest absolute Gasteiger partial charge is 0.466 e. The highest BCUT2D eigenvalue weighted by Crippen LogP contribution is 2.45. The zero-order chi connectivity index (χ0) is 23.4. The van der Waals surface area contributed by atoms with Gasteiger partial charge in [-0.2, -0.15) is 0 Å². The Morgan fingerprint density at radius 3 is 2.13 bits per heavy atom. The quantitative estimate of drug-likeness (QED) is 0.453. The molecule has 2 amide bonds. The van der Waals surface area contributed by atoms with Crippen LogP contribution in [0.3, 0.4) is 0 Å². The fraction of sp³-hybridized carbons (Fsp3) is 0.619. The lowest BCUT2D eigenvalue weighted by Gasteiger charge is -2.47. The second-order valence-electron chi connectivity index (χ2n) is 8.10. The molecule has 174 valence electrons. The molecule has 1 fully saturated rings. The van der Waals surface area contributed by atoms with E-state index in [9.17, 15) is 9.59 Å². The third-order valence-electron chi connectivity index (χ3n) is 5.84. The van der Waals surface area contributed by atoms with Crippen LogP contribution in [0.15, 0.2) is 24.3 Å². The number of imide groups is 1. The van der Waals surface area contributed by atoms with Crippen molar-refractivity contribution in [3.05, 3.63) is 35.4 Å². The lowest BCUT2D eigenvalue weighted by Crippen LogP contribution is -2.59. The van der Waals surface area contributed by atoms with Crippen molar-refractivity contribution >= 4 is 19.6 Å². The summed E-state index contributed by atoms with van der Waals surface area (Å²) in [6, 6.07) is 7.63. The summed E-state index contributed by atoms with van der Waals surface area (Å²) in [6.45, 7) is 11.2. The molecule has 0 saturated carbocycles. The summed E-state index contributed by atoms with van der Waals surface area (Å²) >= 11 is 0. The molecule has 31 heavy (non-hydrogen) atoms. The summed E-state index contributed by atoms with van der Waals surface area (Å²) in [5.74, 6) is -0.203. The van der Waals surface area contributed by atoms with Gasteiger partial charge in [0.25, 0.3) is 5.91 Å². The highest BCUT2D eigenvalue weighted by molar-refractivity contribution is 7.45. The minimum Gasteiger partial charge on any atom is -0.375 e. The molecule has 1 aromatic rings. The second-order valence-corrected chi connectivity index (χ2v) is 9.12. The van der Waals surface area contributed by atoms with Crippen molar-refractivity contribution < 1.29 is 33.6 Å². The van der Waals surface area contributed by atoms with Gasteiger partial charge in [-0.1, -0.05) is 32.0 Å². The molecule has 2 aliphatic rings. The van der Waals surface area contributed by atoms with E-state index in [0.29, 0.717) is 31.5 Å². The average Bonchev–Trinajstić information content (AvgIpc) is 2.67. The molecule has 0 aromatic heterocycles. The molecule has 1 spiro atoms. The maximum absolute atomic E-state index is 13.6. The molecule has 2 aliphatic heterocycles. The number of hydrogen-bond donors (Lipinski definition) is 3. The monoisotopic (exact) mass is 456 g/mol. The molecule has 2 heterocycles. The number of amides is 2. The van der Waals surface area contributed by atoms with Crippen LogP contribution >= 0.6 is 7.82 Å². The van der Waals surface area contributed by atoms with Crippen molar-refractivity contribution in [2.45, 2.75) is 58.2 Å². The van der Waals surface area contributed by atoms with Gasteiger partial charge in [0, 0.05) is 18.7 Å². The van der Waals surface area contributed by atoms with E-state index in [1.54, 1.807) is 0 Å². The number of ether oxygens (including phenoxy) is 1. The third kappa shape index (κ3) is 6.22. The minimum atomic E-state index is -4.64. The number of fused-ring (bicyclic) bond motifs is 2. The molecule has 1 aromatic carbocycles. The van der Waals surface area contributed by atoms with Crippen molar-refractivity contribution in [3.63, 3.8) is 0 Å². The Hall–Kier alpha value is -1.61. The van der Waals surface area contributed by atoms with E-state index in [-0.39, 0.29) is 24.0 Å². The van der Waals surface area contributed by atoms with Crippen LogP contribution in [0.25, 0.3) is 0 Å². The standard InChI is InChI=1S/C21H30N2O3.H3O4P/c1-5-22(6-2)11-12-23-19(24)17-9-7-8-10-18(17)21(20(23)25)13-15(3)26-16(4)14-21;1-5(2,3)4/h7-10,15-16H,5-6,11-14H2,1-4H3;(H3,1,2,3,4). The number of carbonyl (C=O) groups is 2. The first-order valence-electron chi connectivity index (χ1n) is 10.5. The van der Waals surface area contributed by atoms with Gasteiger partial charge < -0.3 is 24.3 Å². The van der Waals surface area contributed by atoms with E-state index in [0.717, 1.165) is 18.7 Å². The molecule has 1 saturated heterocycles. The molecule has 10 heteroatoms. The molecule has 3 N–H and O–H groups in total. The van der Waals surface area contributed by atoms with E-state index in [1.165, 1.54) is 4.90 Å². The Labute approximate surface area is 183 Å². The summed E-state index contributed by atoms with van der Waals surface area (Å²) < 4.78 is 14.8. The van der Waals surface area contributed by atoms with Gasteiger partial charge in [0.05, 0.1) is 17.6 Å². The van der Waals surface area contributed by atoms with Gasteiger partial charge in [0.2, 0.25) is 5.91 Å². The smallest absolute Gasteiger partial charge is 0.375 e. The number of phosphoric acid groups is 1. The number of carbonyl (C=O) groups excluding carboxylic acids is 2. The molecule has 0 bridgehead atoms. The third-order valence-corrected chi connectivity index (χ3v) is 5.84. The van der Waals surface area contributed by atoms with E-state index >= 15 is 0 Å². The van der Waals surface area contributed by atoms with Crippen LogP contribution in [0.2, 0.25) is 0 Å². The molecule has 9 nitrogen and oxygen atoms in total. The topological polar surface area (TPSA) is 128 Å². The summed E-state index contributed by atoms with van der Waals surface area (Å²) in [5.41, 5.74) is 0.911. The van der Waals surface area contributed by atoms with Gasteiger partial charge in [-0.3, -0.25) is 14.5 Å². The van der Waals surface area contributed by atoms with Crippen LogP contribution in [0.4, 0.5) is 0 Å². The number of hydrogen-bond acceptors (Lipinski definition) is 5. The van der Waals surface area contributed by atoms with Crippen LogP contribution in [0.1, 0.15) is 56.5 Å². The van der Waals surface area contributed by atoms with Gasteiger partial charge >= 0.3 is 7.82 Å². The van der Waals surface area contributed by atoms with E-state index < -0.39 is 13.2 Å². The number of rotatable bonds is 5. The summed E-state index contributed by atoms with van der Waals surface area (Å²) in [5, 5.41) is 0. The number of nitrogens with zero attached hydrogens (tertiary/aromatic N) is 2. The maximum Gasteiger partial charge on any atom is 0.466 e. The lowest BCUT2D eigenvalue weighted by atomic mass is 9.66. The average molecular weight is 456 g/mol. The molecular weight excluding hydrogens is 423 g/mol. The number of benzene rings is 1. The highest BCUT2D eigenvalue weighted by Gasteiger charge is 2.53. The molecule has 3 rings (SSSR count). The van der Waals surface area contributed by atoms with E-state index in [2.05, 4.69) is 18.7 Å². The fourth-order valence-electron chi connectivity index (χ4n) is 4.63. The van der Waals surface area contributed by atoms with Crippen molar-refractivity contribution in [2.24, 2.45) is 0 Å². The maximum atomic E-state index is 13.6. The van der Waals surface area contributed by atoms with Gasteiger partial charge in [-0.05, 0) is 51.4 Å². The van der Waals surface area contributed by atoms with E-state index in [4.69, 9.17) is 24.0 Å². The summed E-state index contributed by atoms with van der Waals surface area (Å²) in [4.78, 5) is 51.9.